The lowest BCUT2D eigenvalue weighted by Gasteiger charge is -2.46. The summed E-state index contributed by atoms with van der Waals surface area (Å²) in [5.74, 6) is 0.809. The van der Waals surface area contributed by atoms with Crippen LogP contribution in [0.4, 0.5) is 5.69 Å². The lowest BCUT2D eigenvalue weighted by molar-refractivity contribution is -0.112. The smallest absolute Gasteiger partial charge is 0.214 e. The van der Waals surface area contributed by atoms with Crippen LogP contribution in [0.2, 0.25) is 0 Å². The van der Waals surface area contributed by atoms with Gasteiger partial charge in [-0.3, -0.25) is 0 Å². The van der Waals surface area contributed by atoms with E-state index in [0.717, 1.165) is 29.7 Å². The molecule has 1 aromatic rings. The summed E-state index contributed by atoms with van der Waals surface area (Å²) in [6.07, 6.45) is 2.96. The first-order chi connectivity index (χ1) is 14.1. The van der Waals surface area contributed by atoms with Crippen LogP contribution in [-0.4, -0.2) is 71.8 Å². The van der Waals surface area contributed by atoms with Gasteiger partial charge in [0.25, 0.3) is 0 Å². The summed E-state index contributed by atoms with van der Waals surface area (Å²) in [5.41, 5.74) is 1.94. The minimum atomic E-state index is -3.37. The lowest BCUT2D eigenvalue weighted by Crippen LogP contribution is -2.48. The van der Waals surface area contributed by atoms with Gasteiger partial charge in [0.1, 0.15) is 12.0 Å². The van der Waals surface area contributed by atoms with Gasteiger partial charge in [-0.15, -0.1) is 0 Å². The van der Waals surface area contributed by atoms with Gasteiger partial charge in [0.15, 0.2) is 0 Å². The van der Waals surface area contributed by atoms with Gasteiger partial charge in [0.2, 0.25) is 10.0 Å². The Morgan fingerprint density at radius 1 is 1.17 bits per heavy atom. The van der Waals surface area contributed by atoms with Gasteiger partial charge in [-0.1, -0.05) is 6.07 Å². The standard InChI is InChI=1S/C20H30N2O4S.C2H6O/c1-20(2)12-16(18-6-5-17(26-4)11-19(18)21(20)3)14-27(24,25)22-9-7-15(13-23)8-10-22;1-3-2/h5-6,11,13,15-16H,7-10,12,14H2,1-4H3;1-2H3. The molecule has 0 aliphatic carbocycles. The molecule has 0 saturated carbocycles. The molecule has 1 unspecified atom stereocenters. The zero-order valence-electron chi connectivity index (χ0n) is 19.1. The quantitative estimate of drug-likeness (QED) is 0.656. The molecule has 1 saturated heterocycles. The molecular formula is C22H36N2O5S. The fourth-order valence-electron chi connectivity index (χ4n) is 4.26. The fraction of sp³-hybridized carbons (Fsp3) is 0.682. The highest BCUT2D eigenvalue weighted by Gasteiger charge is 2.39. The number of nitrogens with zero attached hydrogens (tertiary/aromatic N) is 2. The zero-order valence-corrected chi connectivity index (χ0v) is 19.9. The largest absolute Gasteiger partial charge is 0.497 e. The number of hydrogen-bond acceptors (Lipinski definition) is 6. The van der Waals surface area contributed by atoms with Gasteiger partial charge < -0.3 is 19.2 Å². The Labute approximate surface area is 181 Å². The van der Waals surface area contributed by atoms with E-state index in [2.05, 4.69) is 23.5 Å². The van der Waals surface area contributed by atoms with Gasteiger partial charge in [0.05, 0.1) is 12.9 Å². The molecule has 0 radical (unpaired) electrons. The Morgan fingerprint density at radius 2 is 1.77 bits per heavy atom. The Bertz CT molecular complexity index is 817. The summed E-state index contributed by atoms with van der Waals surface area (Å²) >= 11 is 0. The topological polar surface area (TPSA) is 76.2 Å². The lowest BCUT2D eigenvalue weighted by atomic mass is 9.80. The molecule has 30 heavy (non-hydrogen) atoms. The Morgan fingerprint density at radius 3 is 2.30 bits per heavy atom. The predicted octanol–water partition coefficient (Wildman–Crippen LogP) is 2.90. The maximum Gasteiger partial charge on any atom is 0.214 e. The number of fused-ring (bicyclic) bond motifs is 1. The van der Waals surface area contributed by atoms with Crippen LogP contribution in [0, 0.1) is 5.92 Å². The number of carbonyl (C=O) groups is 1. The van der Waals surface area contributed by atoms with E-state index in [-0.39, 0.29) is 23.1 Å². The van der Waals surface area contributed by atoms with Crippen molar-refractivity contribution < 1.29 is 22.7 Å². The van der Waals surface area contributed by atoms with Crippen LogP contribution in [0.1, 0.15) is 44.6 Å². The second-order valence-corrected chi connectivity index (χ2v) is 10.8. The third kappa shape index (κ3) is 5.53. The summed E-state index contributed by atoms with van der Waals surface area (Å²) < 4.78 is 37.3. The normalized spacial score (nSPS) is 21.9. The highest BCUT2D eigenvalue weighted by Crippen LogP contribution is 2.44. The number of anilines is 1. The van der Waals surface area contributed by atoms with Crippen LogP contribution in [0.5, 0.6) is 5.75 Å². The van der Waals surface area contributed by atoms with Gasteiger partial charge in [0, 0.05) is 63.5 Å². The summed E-state index contributed by atoms with van der Waals surface area (Å²) in [7, 11) is 3.57. The molecule has 0 N–H and O–H groups in total. The van der Waals surface area contributed by atoms with Gasteiger partial charge >= 0.3 is 0 Å². The molecule has 0 aromatic heterocycles. The molecule has 3 rings (SSSR count). The third-order valence-corrected chi connectivity index (χ3v) is 8.16. The molecule has 1 atom stereocenters. The number of aldehydes is 1. The number of hydrogen-bond donors (Lipinski definition) is 0. The second kappa shape index (κ2) is 10.1. The molecule has 8 heteroatoms. The summed E-state index contributed by atoms with van der Waals surface area (Å²) in [6, 6.07) is 5.89. The van der Waals surface area contributed by atoms with E-state index in [4.69, 9.17) is 4.74 Å². The average Bonchev–Trinajstić information content (AvgIpc) is 2.71. The number of methoxy groups -OCH3 is 2. The number of benzene rings is 1. The van der Waals surface area contributed by atoms with E-state index < -0.39 is 10.0 Å². The van der Waals surface area contributed by atoms with Crippen molar-refractivity contribution in [3.05, 3.63) is 23.8 Å². The van der Waals surface area contributed by atoms with Gasteiger partial charge in [-0.25, -0.2) is 12.7 Å². The fourth-order valence-corrected chi connectivity index (χ4v) is 6.04. The molecule has 170 valence electrons. The minimum Gasteiger partial charge on any atom is -0.497 e. The molecule has 2 aliphatic rings. The Kier molecular flexibility index (Phi) is 8.30. The second-order valence-electron chi connectivity index (χ2n) is 8.76. The molecule has 7 nitrogen and oxygen atoms in total. The van der Waals surface area contributed by atoms with Crippen LogP contribution in [-0.2, 0) is 19.6 Å². The van der Waals surface area contributed by atoms with E-state index in [1.165, 1.54) is 0 Å². The number of rotatable bonds is 5. The number of sulfonamides is 1. The summed E-state index contributed by atoms with van der Waals surface area (Å²) in [6.45, 7) is 5.17. The molecule has 0 spiro atoms. The SMILES string of the molecule is COC.COc1ccc2c(c1)N(C)C(C)(C)CC2CS(=O)(=O)N1CCC(C=O)CC1. The van der Waals surface area contributed by atoms with Crippen molar-refractivity contribution in [2.45, 2.75) is 44.6 Å². The summed E-state index contributed by atoms with van der Waals surface area (Å²) in [5, 5.41) is 0. The maximum absolute atomic E-state index is 13.1. The van der Waals surface area contributed by atoms with Crippen LogP contribution < -0.4 is 9.64 Å². The minimum absolute atomic E-state index is 0.00750. The first-order valence-corrected chi connectivity index (χ1v) is 12.0. The van der Waals surface area contributed by atoms with Crippen LogP contribution >= 0.6 is 0 Å². The molecule has 0 bridgehead atoms. The van der Waals surface area contributed by atoms with Crippen LogP contribution in [0.25, 0.3) is 0 Å². The Balaban J connectivity index is 0.00000101. The van der Waals surface area contributed by atoms with E-state index in [1.54, 1.807) is 25.6 Å². The number of piperidine rings is 1. The van der Waals surface area contributed by atoms with Crippen molar-refractivity contribution in [3.8, 4) is 5.75 Å². The van der Waals surface area contributed by atoms with Crippen LogP contribution in [0.3, 0.4) is 0 Å². The van der Waals surface area contributed by atoms with E-state index in [0.29, 0.717) is 25.9 Å². The molecule has 0 amide bonds. The highest BCUT2D eigenvalue weighted by atomic mass is 32.2. The molecule has 2 heterocycles. The number of ether oxygens (including phenoxy) is 2. The number of carbonyl (C=O) groups excluding carboxylic acids is 1. The van der Waals surface area contributed by atoms with E-state index in [9.17, 15) is 13.2 Å². The predicted molar refractivity (Wildman–Crippen MR) is 120 cm³/mol. The van der Waals surface area contributed by atoms with Crippen molar-refractivity contribution in [1.29, 1.82) is 0 Å². The maximum atomic E-state index is 13.1. The van der Waals surface area contributed by atoms with Crippen molar-refractivity contribution in [3.63, 3.8) is 0 Å². The summed E-state index contributed by atoms with van der Waals surface area (Å²) in [4.78, 5) is 13.2. The van der Waals surface area contributed by atoms with E-state index >= 15 is 0 Å². The molecular weight excluding hydrogens is 404 g/mol. The van der Waals surface area contributed by atoms with Crippen molar-refractivity contribution in [2.24, 2.45) is 5.92 Å². The van der Waals surface area contributed by atoms with Crippen molar-refractivity contribution in [1.82, 2.24) is 4.31 Å². The monoisotopic (exact) mass is 440 g/mol. The van der Waals surface area contributed by atoms with Gasteiger partial charge in [-0.05, 0) is 44.7 Å². The van der Waals surface area contributed by atoms with Crippen molar-refractivity contribution in [2.75, 3.05) is 52.1 Å². The zero-order chi connectivity index (χ0) is 22.5. The average molecular weight is 441 g/mol. The third-order valence-electron chi connectivity index (χ3n) is 6.19. The first-order valence-electron chi connectivity index (χ1n) is 10.3. The first kappa shape index (κ1) is 24.6. The Hall–Kier alpha value is -1.64. The molecule has 1 fully saturated rings. The van der Waals surface area contributed by atoms with Crippen molar-refractivity contribution >= 4 is 22.0 Å². The molecule has 2 aliphatic heterocycles. The van der Waals surface area contributed by atoms with E-state index in [1.807, 2.05) is 25.2 Å². The molecule has 1 aromatic carbocycles. The van der Waals surface area contributed by atoms with Gasteiger partial charge in [-0.2, -0.15) is 0 Å². The highest BCUT2D eigenvalue weighted by molar-refractivity contribution is 7.89. The van der Waals surface area contributed by atoms with Crippen LogP contribution in [0.15, 0.2) is 18.2 Å².